The lowest BCUT2D eigenvalue weighted by molar-refractivity contribution is -0.116. The molecule has 0 spiro atoms. The molecule has 0 aliphatic heterocycles. The molecular weight excluding hydrogens is 359 g/mol. The van der Waals surface area contributed by atoms with Gasteiger partial charge in [0.25, 0.3) is 0 Å². The van der Waals surface area contributed by atoms with Crippen molar-refractivity contribution in [1.82, 2.24) is 15.5 Å². The third kappa shape index (κ3) is 5.23. The van der Waals surface area contributed by atoms with Crippen LogP contribution in [0.4, 0.5) is 10.1 Å². The summed E-state index contributed by atoms with van der Waals surface area (Å²) in [6, 6.07) is 12.4. The quantitative estimate of drug-likeness (QED) is 0.618. The maximum Gasteiger partial charge on any atom is 0.227 e. The van der Waals surface area contributed by atoms with Gasteiger partial charge in [-0.1, -0.05) is 24.2 Å². The molecule has 0 fully saturated rings. The van der Waals surface area contributed by atoms with E-state index in [9.17, 15) is 9.18 Å². The zero-order chi connectivity index (χ0) is 19.9. The van der Waals surface area contributed by atoms with E-state index in [0.717, 1.165) is 24.3 Å². The molecule has 1 heterocycles. The monoisotopic (exact) mass is 382 g/mol. The Hall–Kier alpha value is -3.06. The number of aryl methyl sites for hydroxylation is 2. The first-order valence-electron chi connectivity index (χ1n) is 9.23. The van der Waals surface area contributed by atoms with E-state index in [1.807, 2.05) is 31.2 Å². The number of nitrogens with one attached hydrogen (secondary N) is 2. The number of benzene rings is 2. The van der Waals surface area contributed by atoms with Crippen molar-refractivity contribution in [3.05, 3.63) is 65.3 Å². The first-order valence-corrected chi connectivity index (χ1v) is 9.23. The summed E-state index contributed by atoms with van der Waals surface area (Å²) in [7, 11) is 0. The van der Waals surface area contributed by atoms with Gasteiger partial charge in [-0.25, -0.2) is 4.39 Å². The van der Waals surface area contributed by atoms with Gasteiger partial charge in [0.05, 0.1) is 0 Å². The topological polar surface area (TPSA) is 80.0 Å². The summed E-state index contributed by atoms with van der Waals surface area (Å²) in [5, 5.41) is 10.0. The van der Waals surface area contributed by atoms with Crippen molar-refractivity contribution in [2.45, 2.75) is 33.2 Å². The van der Waals surface area contributed by atoms with Crippen molar-refractivity contribution in [1.29, 1.82) is 0 Å². The Morgan fingerprint density at radius 1 is 1.21 bits per heavy atom. The highest BCUT2D eigenvalue weighted by Gasteiger charge is 2.12. The van der Waals surface area contributed by atoms with Crippen LogP contribution in [0.25, 0.3) is 11.4 Å². The van der Waals surface area contributed by atoms with Crippen molar-refractivity contribution in [3.63, 3.8) is 0 Å². The predicted octanol–water partition coefficient (Wildman–Crippen LogP) is 3.86. The molecule has 0 bridgehead atoms. The van der Waals surface area contributed by atoms with E-state index in [1.54, 1.807) is 19.1 Å². The van der Waals surface area contributed by atoms with Crippen LogP contribution in [0.3, 0.4) is 0 Å². The molecule has 0 radical (unpaired) electrons. The highest BCUT2D eigenvalue weighted by Crippen LogP contribution is 2.19. The van der Waals surface area contributed by atoms with Crippen molar-refractivity contribution >= 4 is 11.6 Å². The molecule has 28 heavy (non-hydrogen) atoms. The highest BCUT2D eigenvalue weighted by molar-refractivity contribution is 5.90. The van der Waals surface area contributed by atoms with E-state index in [2.05, 4.69) is 20.8 Å². The van der Waals surface area contributed by atoms with Gasteiger partial charge < -0.3 is 15.2 Å². The van der Waals surface area contributed by atoms with Crippen molar-refractivity contribution in [3.8, 4) is 11.4 Å². The molecule has 1 aromatic heterocycles. The number of rotatable bonds is 8. The Morgan fingerprint density at radius 3 is 2.86 bits per heavy atom. The molecule has 3 rings (SSSR count). The van der Waals surface area contributed by atoms with Gasteiger partial charge in [-0.05, 0) is 54.9 Å². The molecule has 6 nitrogen and oxygen atoms in total. The predicted molar refractivity (Wildman–Crippen MR) is 105 cm³/mol. The SMILES string of the molecule is CCNCc1cccc(NC(=O)CCc2nc(-c3ccc(F)c(C)c3)no2)c1. The van der Waals surface area contributed by atoms with E-state index in [-0.39, 0.29) is 18.1 Å². The lowest BCUT2D eigenvalue weighted by Gasteiger charge is -2.07. The average Bonchev–Trinajstić information content (AvgIpc) is 3.16. The van der Waals surface area contributed by atoms with Gasteiger partial charge in [0.2, 0.25) is 17.6 Å². The Labute approximate surface area is 163 Å². The molecule has 0 saturated heterocycles. The number of hydrogen-bond acceptors (Lipinski definition) is 5. The Bertz CT molecular complexity index is 955. The fraction of sp³-hybridized carbons (Fsp3) is 0.286. The van der Waals surface area contributed by atoms with Crippen LogP contribution in [0.5, 0.6) is 0 Å². The number of halogens is 1. The normalized spacial score (nSPS) is 10.8. The second-order valence-electron chi connectivity index (χ2n) is 6.50. The molecule has 0 atom stereocenters. The molecule has 0 aliphatic carbocycles. The lowest BCUT2D eigenvalue weighted by atomic mass is 10.1. The van der Waals surface area contributed by atoms with Crippen LogP contribution in [-0.2, 0) is 17.8 Å². The number of carbonyl (C=O) groups excluding carboxylic acids is 1. The number of aromatic nitrogens is 2. The molecule has 0 aliphatic rings. The second-order valence-corrected chi connectivity index (χ2v) is 6.50. The van der Waals surface area contributed by atoms with E-state index in [0.29, 0.717) is 29.3 Å². The maximum atomic E-state index is 13.4. The number of amides is 1. The van der Waals surface area contributed by atoms with Gasteiger partial charge in [-0.3, -0.25) is 4.79 Å². The maximum absolute atomic E-state index is 13.4. The highest BCUT2D eigenvalue weighted by atomic mass is 19.1. The number of nitrogens with zero attached hydrogens (tertiary/aromatic N) is 2. The van der Waals surface area contributed by atoms with Crippen LogP contribution >= 0.6 is 0 Å². The summed E-state index contributed by atoms with van der Waals surface area (Å²) in [5.41, 5.74) is 3.06. The summed E-state index contributed by atoms with van der Waals surface area (Å²) in [5.74, 6) is 0.347. The molecule has 2 N–H and O–H groups in total. The molecule has 3 aromatic rings. The Morgan fingerprint density at radius 2 is 2.07 bits per heavy atom. The minimum absolute atomic E-state index is 0.127. The largest absolute Gasteiger partial charge is 0.339 e. The number of hydrogen-bond donors (Lipinski definition) is 2. The average molecular weight is 382 g/mol. The van der Waals surface area contributed by atoms with Crippen molar-refractivity contribution < 1.29 is 13.7 Å². The number of anilines is 1. The first-order chi connectivity index (χ1) is 13.5. The Kier molecular flexibility index (Phi) is 6.49. The molecular formula is C21H23FN4O2. The van der Waals surface area contributed by atoms with Gasteiger partial charge in [-0.2, -0.15) is 4.98 Å². The molecule has 2 aromatic carbocycles. The van der Waals surface area contributed by atoms with Gasteiger partial charge in [0, 0.05) is 30.6 Å². The summed E-state index contributed by atoms with van der Waals surface area (Å²) in [6.45, 7) is 5.37. The summed E-state index contributed by atoms with van der Waals surface area (Å²) in [6.07, 6.45) is 0.553. The van der Waals surface area contributed by atoms with Gasteiger partial charge >= 0.3 is 0 Å². The minimum Gasteiger partial charge on any atom is -0.339 e. The standard InChI is InChI=1S/C21H23FN4O2/c1-3-23-13-15-5-4-6-17(12-15)24-19(27)9-10-20-25-21(26-28-20)16-7-8-18(22)14(2)11-16/h4-8,11-12,23H,3,9-10,13H2,1-2H3,(H,24,27). The summed E-state index contributed by atoms with van der Waals surface area (Å²) in [4.78, 5) is 16.5. The first kappa shape index (κ1) is 19.7. The molecule has 7 heteroatoms. The molecule has 0 saturated carbocycles. The van der Waals surface area contributed by atoms with Crippen molar-refractivity contribution in [2.75, 3.05) is 11.9 Å². The van der Waals surface area contributed by atoms with Crippen molar-refractivity contribution in [2.24, 2.45) is 0 Å². The smallest absolute Gasteiger partial charge is 0.227 e. The van der Waals surface area contributed by atoms with E-state index >= 15 is 0 Å². The summed E-state index contributed by atoms with van der Waals surface area (Å²) >= 11 is 0. The van der Waals surface area contributed by atoms with E-state index < -0.39 is 0 Å². The van der Waals surface area contributed by atoms with Crippen LogP contribution in [0, 0.1) is 12.7 Å². The lowest BCUT2D eigenvalue weighted by Crippen LogP contribution is -2.14. The third-order valence-corrected chi connectivity index (χ3v) is 4.24. The fourth-order valence-corrected chi connectivity index (χ4v) is 2.73. The van der Waals surface area contributed by atoms with E-state index in [1.165, 1.54) is 6.07 Å². The molecule has 1 amide bonds. The second kappa shape index (κ2) is 9.23. The van der Waals surface area contributed by atoms with Gasteiger partial charge in [-0.15, -0.1) is 0 Å². The van der Waals surface area contributed by atoms with Crippen LogP contribution in [-0.4, -0.2) is 22.6 Å². The van der Waals surface area contributed by atoms with Gasteiger partial charge in [0.15, 0.2) is 0 Å². The third-order valence-electron chi connectivity index (χ3n) is 4.24. The van der Waals surface area contributed by atoms with Crippen LogP contribution in [0.15, 0.2) is 47.0 Å². The zero-order valence-corrected chi connectivity index (χ0v) is 16.0. The van der Waals surface area contributed by atoms with E-state index in [4.69, 9.17) is 4.52 Å². The number of carbonyl (C=O) groups is 1. The zero-order valence-electron chi connectivity index (χ0n) is 16.0. The minimum atomic E-state index is -0.279. The fourth-order valence-electron chi connectivity index (χ4n) is 2.73. The van der Waals surface area contributed by atoms with Crippen LogP contribution in [0.1, 0.15) is 30.4 Å². The Balaban J connectivity index is 1.55. The molecule has 0 unspecified atom stereocenters. The van der Waals surface area contributed by atoms with Crippen LogP contribution < -0.4 is 10.6 Å². The van der Waals surface area contributed by atoms with Crippen LogP contribution in [0.2, 0.25) is 0 Å². The van der Waals surface area contributed by atoms with Gasteiger partial charge in [0.1, 0.15) is 5.82 Å². The summed E-state index contributed by atoms with van der Waals surface area (Å²) < 4.78 is 18.6. The molecule has 146 valence electrons.